The summed E-state index contributed by atoms with van der Waals surface area (Å²) < 4.78 is 5.21. The van der Waals surface area contributed by atoms with Crippen molar-refractivity contribution in [2.75, 3.05) is 24.3 Å². The van der Waals surface area contributed by atoms with Gasteiger partial charge in [0.05, 0.1) is 23.2 Å². The molecule has 0 saturated carbocycles. The van der Waals surface area contributed by atoms with Gasteiger partial charge in [0, 0.05) is 46.7 Å². The number of thioether (sulfide) groups is 1. The van der Waals surface area contributed by atoms with E-state index in [0.29, 0.717) is 39.7 Å². The molecule has 1 aliphatic rings. The predicted molar refractivity (Wildman–Crippen MR) is 234 cm³/mol. The number of ether oxygens (including phenoxy) is 1. The first-order valence-electron chi connectivity index (χ1n) is 18.9. The van der Waals surface area contributed by atoms with Crippen molar-refractivity contribution in [2.24, 2.45) is 0 Å². The number of anilines is 2. The zero-order valence-corrected chi connectivity index (χ0v) is 34.0. The number of nitro benzene ring substituents is 1. The van der Waals surface area contributed by atoms with E-state index in [0.717, 1.165) is 23.5 Å². The van der Waals surface area contributed by atoms with Crippen LogP contribution >= 0.6 is 23.1 Å². The Kier molecular flexibility index (Phi) is 13.3. The highest BCUT2D eigenvalue weighted by Crippen LogP contribution is 2.41. The van der Waals surface area contributed by atoms with Crippen LogP contribution in [0.3, 0.4) is 0 Å². The summed E-state index contributed by atoms with van der Waals surface area (Å²) in [5.41, 5.74) is 3.44. The number of para-hydroxylation sites is 1. The smallest absolute Gasteiger partial charge is 0.341 e. The van der Waals surface area contributed by atoms with Gasteiger partial charge in [-0.3, -0.25) is 29.4 Å². The van der Waals surface area contributed by atoms with Crippen LogP contribution < -0.4 is 16.0 Å². The molecule has 302 valence electrons. The number of rotatable bonds is 14. The van der Waals surface area contributed by atoms with Gasteiger partial charge >= 0.3 is 5.97 Å². The maximum absolute atomic E-state index is 14.4. The van der Waals surface area contributed by atoms with Gasteiger partial charge in [0.2, 0.25) is 5.91 Å². The van der Waals surface area contributed by atoms with E-state index < -0.39 is 28.0 Å². The molecule has 0 fully saturated rings. The lowest BCUT2D eigenvalue weighted by Crippen LogP contribution is -2.30. The lowest BCUT2D eigenvalue weighted by Gasteiger charge is -2.27. The number of hydrogen-bond acceptors (Lipinski definition) is 10. The Balaban J connectivity index is 1.13. The molecule has 6 aromatic rings. The minimum absolute atomic E-state index is 0.119. The van der Waals surface area contributed by atoms with E-state index in [1.807, 2.05) is 48.5 Å². The number of thiophene rings is 1. The number of nitrogens with zero attached hydrogens (tertiary/aromatic N) is 2. The van der Waals surface area contributed by atoms with Crippen LogP contribution in [-0.4, -0.2) is 47.2 Å². The van der Waals surface area contributed by atoms with Crippen LogP contribution in [-0.2, 0) is 33.8 Å². The minimum atomic E-state index is -0.782. The fraction of sp³-hybridized carbons (Fsp3) is 0.130. The number of esters is 1. The molecule has 0 spiro atoms. The summed E-state index contributed by atoms with van der Waals surface area (Å²) in [5, 5.41) is 19.9. The lowest BCUT2D eigenvalue weighted by atomic mass is 10.0. The molecule has 1 unspecified atom stereocenters. The highest BCUT2D eigenvalue weighted by molar-refractivity contribution is 8.00. The third kappa shape index (κ3) is 10.0. The molecule has 0 radical (unpaired) electrons. The Morgan fingerprint density at radius 1 is 0.867 bits per heavy atom. The fourth-order valence-electron chi connectivity index (χ4n) is 6.77. The highest BCUT2D eigenvalue weighted by Gasteiger charge is 2.31. The number of amides is 3. The highest BCUT2D eigenvalue weighted by atomic mass is 32.2. The second kappa shape index (κ2) is 19.3. The van der Waals surface area contributed by atoms with Crippen molar-refractivity contribution in [1.82, 2.24) is 10.2 Å². The van der Waals surface area contributed by atoms with Gasteiger partial charge in [-0.1, -0.05) is 97.1 Å². The quantitative estimate of drug-likeness (QED) is 0.0320. The van der Waals surface area contributed by atoms with E-state index in [4.69, 9.17) is 4.74 Å². The monoisotopic (exact) mass is 837 g/mol. The van der Waals surface area contributed by atoms with Crippen LogP contribution in [0.5, 0.6) is 0 Å². The van der Waals surface area contributed by atoms with Crippen molar-refractivity contribution in [1.29, 1.82) is 0 Å². The van der Waals surface area contributed by atoms with Crippen molar-refractivity contribution < 1.29 is 28.8 Å². The van der Waals surface area contributed by atoms with Crippen LogP contribution in [0.4, 0.5) is 16.4 Å². The molecule has 3 N–H and O–H groups in total. The van der Waals surface area contributed by atoms with Gasteiger partial charge in [-0.05, 0) is 65.6 Å². The fourth-order valence-corrected chi connectivity index (χ4v) is 9.14. The molecule has 12 nitrogen and oxygen atoms in total. The van der Waals surface area contributed by atoms with E-state index >= 15 is 0 Å². The SMILES string of the molecule is COC(=O)c1c(NC(=O)C(Sc2cccc(NC(=O)/C(=C\c3ccccc3[N+](=O)[O-])NC(=O)c3ccccc3)c2)c2ccccc2)sc2c1CCN(Cc1ccccc1)C2. The Labute approximate surface area is 354 Å². The van der Waals surface area contributed by atoms with Crippen molar-refractivity contribution in [3.05, 3.63) is 194 Å². The number of benzene rings is 5. The van der Waals surface area contributed by atoms with Gasteiger partial charge in [-0.25, -0.2) is 4.79 Å². The number of fused-ring (bicyclic) bond motifs is 1. The zero-order valence-electron chi connectivity index (χ0n) is 32.3. The van der Waals surface area contributed by atoms with Crippen molar-refractivity contribution in [3.8, 4) is 0 Å². The third-order valence-electron chi connectivity index (χ3n) is 9.66. The molecule has 0 bridgehead atoms. The Hall–Kier alpha value is -6.87. The molecule has 14 heteroatoms. The number of carbonyl (C=O) groups excluding carboxylic acids is 4. The molecule has 1 aromatic heterocycles. The lowest BCUT2D eigenvalue weighted by molar-refractivity contribution is -0.385. The second-order valence-corrected chi connectivity index (χ2v) is 16.0. The summed E-state index contributed by atoms with van der Waals surface area (Å²) in [4.78, 5) is 69.8. The van der Waals surface area contributed by atoms with Crippen LogP contribution in [0.1, 0.15) is 53.1 Å². The number of nitrogens with one attached hydrogen (secondary N) is 3. The van der Waals surface area contributed by atoms with E-state index in [-0.39, 0.29) is 28.4 Å². The molecule has 2 heterocycles. The summed E-state index contributed by atoms with van der Waals surface area (Å²) in [6, 6.07) is 40.4. The van der Waals surface area contributed by atoms with Gasteiger partial charge in [0.15, 0.2) is 0 Å². The molecule has 1 aliphatic heterocycles. The van der Waals surface area contributed by atoms with Gasteiger partial charge in [0.1, 0.15) is 15.9 Å². The zero-order chi connectivity index (χ0) is 42.0. The largest absolute Gasteiger partial charge is 0.465 e. The molecule has 1 atom stereocenters. The van der Waals surface area contributed by atoms with Crippen LogP contribution in [0.2, 0.25) is 0 Å². The average molecular weight is 838 g/mol. The Morgan fingerprint density at radius 2 is 1.55 bits per heavy atom. The first-order chi connectivity index (χ1) is 29.2. The van der Waals surface area contributed by atoms with Crippen molar-refractivity contribution >= 4 is 69.2 Å². The second-order valence-electron chi connectivity index (χ2n) is 13.7. The number of hydrogen-bond donors (Lipinski definition) is 3. The van der Waals surface area contributed by atoms with Crippen LogP contribution in [0.15, 0.2) is 150 Å². The third-order valence-corrected chi connectivity index (χ3v) is 12.0. The number of methoxy groups -OCH3 is 1. The number of carbonyl (C=O) groups is 4. The van der Waals surface area contributed by atoms with Gasteiger partial charge in [-0.15, -0.1) is 23.1 Å². The standard InChI is InChI=1S/C46H39N5O7S2/c1-58-46(55)40-36-24-25-50(28-30-14-5-2-6-15-30)29-39(36)60-45(40)49-44(54)41(31-16-7-3-8-17-31)59-35-22-13-21-34(27-35)47-43(53)37(48-42(52)32-18-9-4-10-19-32)26-33-20-11-12-23-38(33)51(56)57/h2-23,26-27,41H,24-25,28-29H2,1H3,(H,47,53)(H,48,52)(H,49,54)/b37-26+. The molecule has 0 aliphatic carbocycles. The van der Waals surface area contributed by atoms with Gasteiger partial charge in [0.25, 0.3) is 17.5 Å². The first-order valence-corrected chi connectivity index (χ1v) is 20.6. The maximum Gasteiger partial charge on any atom is 0.341 e. The summed E-state index contributed by atoms with van der Waals surface area (Å²) in [6.07, 6.45) is 1.89. The molecular formula is C46H39N5O7S2. The Morgan fingerprint density at radius 3 is 2.27 bits per heavy atom. The molecule has 7 rings (SSSR count). The molecule has 60 heavy (non-hydrogen) atoms. The predicted octanol–water partition coefficient (Wildman–Crippen LogP) is 8.88. The van der Waals surface area contributed by atoms with Crippen molar-refractivity contribution in [2.45, 2.75) is 29.7 Å². The van der Waals surface area contributed by atoms with E-state index in [1.165, 1.54) is 60.0 Å². The summed E-state index contributed by atoms with van der Waals surface area (Å²) in [5.74, 6) is -2.18. The molecular weight excluding hydrogens is 799 g/mol. The van der Waals surface area contributed by atoms with E-state index in [9.17, 15) is 29.3 Å². The van der Waals surface area contributed by atoms with Crippen LogP contribution in [0, 0.1) is 10.1 Å². The van der Waals surface area contributed by atoms with Gasteiger partial charge < -0.3 is 20.7 Å². The normalized spacial score (nSPS) is 13.1. The van der Waals surface area contributed by atoms with Crippen molar-refractivity contribution in [3.63, 3.8) is 0 Å². The number of nitro groups is 1. The first kappa shape index (κ1) is 41.3. The van der Waals surface area contributed by atoms with Gasteiger partial charge in [-0.2, -0.15) is 0 Å². The van der Waals surface area contributed by atoms with E-state index in [2.05, 4.69) is 33.0 Å². The summed E-state index contributed by atoms with van der Waals surface area (Å²) >= 11 is 2.63. The topological polar surface area (TPSA) is 160 Å². The molecule has 0 saturated heterocycles. The maximum atomic E-state index is 14.4. The molecule has 3 amide bonds. The van der Waals surface area contributed by atoms with E-state index in [1.54, 1.807) is 60.7 Å². The Bertz CT molecular complexity index is 2560. The summed E-state index contributed by atoms with van der Waals surface area (Å²) in [6.45, 7) is 2.13. The minimum Gasteiger partial charge on any atom is -0.465 e. The van der Waals surface area contributed by atoms with Crippen LogP contribution in [0.25, 0.3) is 6.08 Å². The average Bonchev–Trinajstić information content (AvgIpc) is 3.62. The summed E-state index contributed by atoms with van der Waals surface area (Å²) in [7, 11) is 1.33. The molecule has 5 aromatic carbocycles.